The van der Waals surface area contributed by atoms with Gasteiger partial charge in [0.05, 0.1) is 6.61 Å². The molecule has 92 valence electrons. The molecular weight excluding hydrogens is 230 g/mol. The molecule has 1 aromatic heterocycles. The molecule has 5 nitrogen and oxygen atoms in total. The molecule has 0 spiro atoms. The minimum Gasteiger partial charge on any atom is -0.493 e. The van der Waals surface area contributed by atoms with Crippen molar-refractivity contribution in [3.8, 4) is 5.75 Å². The van der Waals surface area contributed by atoms with Crippen molar-refractivity contribution >= 4 is 5.78 Å². The first-order valence-corrected chi connectivity index (χ1v) is 5.96. The molecule has 0 aliphatic carbocycles. The van der Waals surface area contributed by atoms with Crippen LogP contribution < -0.4 is 4.74 Å². The lowest BCUT2D eigenvalue weighted by molar-refractivity contribution is 0.0973. The topological polar surface area (TPSA) is 67.9 Å². The molecule has 0 radical (unpaired) electrons. The molecule has 0 unspecified atom stereocenters. The zero-order valence-corrected chi connectivity index (χ0v) is 9.85. The average molecular weight is 243 g/mol. The summed E-state index contributed by atoms with van der Waals surface area (Å²) in [5.41, 5.74) is 2.40. The van der Waals surface area contributed by atoms with Crippen molar-refractivity contribution in [1.29, 1.82) is 0 Å². The molecule has 0 amide bonds. The molecule has 0 atom stereocenters. The van der Waals surface area contributed by atoms with Crippen LogP contribution in [0.3, 0.4) is 0 Å². The van der Waals surface area contributed by atoms with E-state index in [1.807, 2.05) is 12.1 Å². The highest BCUT2D eigenvalue weighted by atomic mass is 16.5. The van der Waals surface area contributed by atoms with Gasteiger partial charge < -0.3 is 4.74 Å². The zero-order chi connectivity index (χ0) is 12.4. The maximum Gasteiger partial charge on any atom is 0.199 e. The third kappa shape index (κ3) is 2.11. The third-order valence-corrected chi connectivity index (χ3v) is 3.07. The van der Waals surface area contributed by atoms with Crippen LogP contribution in [0, 0.1) is 0 Å². The first-order valence-electron chi connectivity index (χ1n) is 5.96. The fraction of sp³-hybridized carbons (Fsp3) is 0.308. The summed E-state index contributed by atoms with van der Waals surface area (Å²) in [5, 5.41) is 6.26. The van der Waals surface area contributed by atoms with E-state index in [0.29, 0.717) is 18.7 Å². The minimum absolute atomic E-state index is 0.00996. The Hall–Kier alpha value is -2.17. The number of aromatic nitrogens is 3. The van der Waals surface area contributed by atoms with Crippen molar-refractivity contribution in [2.75, 3.05) is 6.61 Å². The molecule has 3 rings (SSSR count). The predicted molar refractivity (Wildman–Crippen MR) is 64.7 cm³/mol. The Morgan fingerprint density at radius 2 is 2.39 bits per heavy atom. The Morgan fingerprint density at radius 3 is 3.22 bits per heavy atom. The number of H-pyrrole nitrogens is 1. The summed E-state index contributed by atoms with van der Waals surface area (Å²) in [7, 11) is 0. The second kappa shape index (κ2) is 4.60. The molecule has 2 heterocycles. The molecule has 18 heavy (non-hydrogen) atoms. The summed E-state index contributed by atoms with van der Waals surface area (Å²) in [6.07, 6.45) is 3.46. The first kappa shape index (κ1) is 11.0. The van der Waals surface area contributed by atoms with Gasteiger partial charge >= 0.3 is 0 Å². The van der Waals surface area contributed by atoms with Gasteiger partial charge in [0.25, 0.3) is 0 Å². The average Bonchev–Trinajstić information content (AvgIpc) is 3.05. The largest absolute Gasteiger partial charge is 0.493 e. The van der Waals surface area contributed by atoms with E-state index >= 15 is 0 Å². The molecule has 2 aromatic rings. The van der Waals surface area contributed by atoms with Gasteiger partial charge in [-0.25, -0.2) is 4.98 Å². The molecule has 5 heteroatoms. The first-order chi connectivity index (χ1) is 8.83. The lowest BCUT2D eigenvalue weighted by Crippen LogP contribution is -2.03. The lowest BCUT2D eigenvalue weighted by atomic mass is 10.0. The zero-order valence-electron chi connectivity index (χ0n) is 9.85. The summed E-state index contributed by atoms with van der Waals surface area (Å²) < 4.78 is 5.45. The quantitative estimate of drug-likeness (QED) is 0.827. The predicted octanol–water partition coefficient (Wildman–Crippen LogP) is 1.56. The van der Waals surface area contributed by atoms with Crippen LogP contribution in [0.4, 0.5) is 0 Å². The number of carbonyl (C=O) groups excluding carboxylic acids is 1. The number of aryl methyl sites for hydroxylation is 1. The Balaban J connectivity index is 1.65. The number of benzene rings is 1. The number of carbonyl (C=O) groups is 1. The Morgan fingerprint density at radius 1 is 1.44 bits per heavy atom. The van der Waals surface area contributed by atoms with Crippen molar-refractivity contribution < 1.29 is 9.53 Å². The molecule has 0 bridgehead atoms. The van der Waals surface area contributed by atoms with E-state index in [1.54, 1.807) is 0 Å². The van der Waals surface area contributed by atoms with Crippen molar-refractivity contribution in [2.24, 2.45) is 0 Å². The normalized spacial score (nSPS) is 13.1. The van der Waals surface area contributed by atoms with Crippen molar-refractivity contribution in [3.05, 3.63) is 41.5 Å². The number of hydrogen-bond donors (Lipinski definition) is 1. The number of ketones is 1. The number of hydrogen-bond acceptors (Lipinski definition) is 4. The highest BCUT2D eigenvalue weighted by molar-refractivity contribution is 5.92. The molecule has 0 saturated heterocycles. The molecule has 0 saturated carbocycles. The smallest absolute Gasteiger partial charge is 0.199 e. The number of Topliss-reactive ketones (excluding diaryl/α,β-unsaturated/α-hetero) is 1. The van der Waals surface area contributed by atoms with Crippen LogP contribution in [0.5, 0.6) is 5.75 Å². The second-order valence-electron chi connectivity index (χ2n) is 4.30. The molecular formula is C13H13N3O2. The maximum atomic E-state index is 11.8. The van der Waals surface area contributed by atoms with Gasteiger partial charge in [-0.2, -0.15) is 5.10 Å². The number of nitrogens with one attached hydrogen (secondary N) is 1. The van der Waals surface area contributed by atoms with Gasteiger partial charge in [-0.05, 0) is 23.6 Å². The third-order valence-electron chi connectivity index (χ3n) is 3.07. The van der Waals surface area contributed by atoms with Crippen LogP contribution >= 0.6 is 0 Å². The number of ether oxygens (including phenoxy) is 1. The van der Waals surface area contributed by atoms with Gasteiger partial charge in [0, 0.05) is 12.8 Å². The van der Waals surface area contributed by atoms with Crippen LogP contribution in [0.15, 0.2) is 24.5 Å². The number of nitrogens with zero attached hydrogens (tertiary/aromatic N) is 2. The fourth-order valence-electron chi connectivity index (χ4n) is 2.11. The molecule has 1 N–H and O–H groups in total. The molecule has 1 aromatic carbocycles. The van der Waals surface area contributed by atoms with E-state index in [4.69, 9.17) is 4.74 Å². The highest BCUT2D eigenvalue weighted by Crippen LogP contribution is 2.26. The van der Waals surface area contributed by atoms with Crippen LogP contribution in [-0.2, 0) is 12.8 Å². The fourth-order valence-corrected chi connectivity index (χ4v) is 2.11. The van der Waals surface area contributed by atoms with E-state index in [0.717, 1.165) is 24.3 Å². The monoisotopic (exact) mass is 243 g/mol. The van der Waals surface area contributed by atoms with E-state index in [2.05, 4.69) is 21.2 Å². The lowest BCUT2D eigenvalue weighted by Gasteiger charge is -2.03. The SMILES string of the molecule is O=C(CCc1ccc2c(c1)CCO2)c1ncn[nH]1. The Labute approximate surface area is 104 Å². The highest BCUT2D eigenvalue weighted by Gasteiger charge is 2.13. The van der Waals surface area contributed by atoms with Crippen molar-refractivity contribution in [1.82, 2.24) is 15.2 Å². The minimum atomic E-state index is -0.00996. The van der Waals surface area contributed by atoms with E-state index < -0.39 is 0 Å². The van der Waals surface area contributed by atoms with Gasteiger partial charge in [0.1, 0.15) is 12.1 Å². The summed E-state index contributed by atoms with van der Waals surface area (Å²) >= 11 is 0. The summed E-state index contributed by atoms with van der Waals surface area (Å²) in [4.78, 5) is 15.6. The molecule has 0 fully saturated rings. The molecule has 1 aliphatic rings. The van der Waals surface area contributed by atoms with Crippen LogP contribution in [0.2, 0.25) is 0 Å². The number of rotatable bonds is 4. The van der Waals surface area contributed by atoms with Gasteiger partial charge in [-0.1, -0.05) is 12.1 Å². The van der Waals surface area contributed by atoms with Crippen LogP contribution in [0.1, 0.15) is 28.2 Å². The van der Waals surface area contributed by atoms with Crippen molar-refractivity contribution in [3.63, 3.8) is 0 Å². The molecule has 1 aliphatic heterocycles. The Bertz CT molecular complexity index is 564. The van der Waals surface area contributed by atoms with Gasteiger partial charge in [-0.3, -0.25) is 9.89 Å². The summed E-state index contributed by atoms with van der Waals surface area (Å²) in [6.45, 7) is 0.760. The van der Waals surface area contributed by atoms with E-state index in [9.17, 15) is 4.79 Å². The summed E-state index contributed by atoms with van der Waals surface area (Å²) in [5.74, 6) is 1.30. The maximum absolute atomic E-state index is 11.8. The number of aromatic amines is 1. The van der Waals surface area contributed by atoms with Gasteiger partial charge in [0.15, 0.2) is 11.6 Å². The summed E-state index contributed by atoms with van der Waals surface area (Å²) in [6, 6.07) is 6.12. The van der Waals surface area contributed by atoms with Crippen LogP contribution in [-0.4, -0.2) is 27.6 Å². The van der Waals surface area contributed by atoms with E-state index in [1.165, 1.54) is 11.9 Å². The van der Waals surface area contributed by atoms with E-state index in [-0.39, 0.29) is 5.78 Å². The number of fused-ring (bicyclic) bond motifs is 1. The second-order valence-corrected chi connectivity index (χ2v) is 4.30. The van der Waals surface area contributed by atoms with Gasteiger partial charge in [-0.15, -0.1) is 0 Å². The van der Waals surface area contributed by atoms with Crippen molar-refractivity contribution in [2.45, 2.75) is 19.3 Å². The van der Waals surface area contributed by atoms with Gasteiger partial charge in [0.2, 0.25) is 0 Å². The Kier molecular flexibility index (Phi) is 2.80. The van der Waals surface area contributed by atoms with Crippen LogP contribution in [0.25, 0.3) is 0 Å². The standard InChI is InChI=1S/C13H13N3O2/c17-11(13-14-8-15-16-13)3-1-9-2-4-12-10(7-9)5-6-18-12/h2,4,7-8H,1,3,5-6H2,(H,14,15,16).